The maximum atomic E-state index is 13.6. The van der Waals surface area contributed by atoms with Gasteiger partial charge < -0.3 is 5.32 Å². The smallest absolute Gasteiger partial charge is 0.127 e. The molecule has 2 unspecified atom stereocenters. The predicted molar refractivity (Wildman–Crippen MR) is 68.7 cm³/mol. The first-order valence-corrected chi connectivity index (χ1v) is 6.34. The van der Waals surface area contributed by atoms with Gasteiger partial charge in [0.05, 0.1) is 0 Å². The number of piperazine rings is 1. The average Bonchev–Trinajstić information content (AvgIpc) is 2.22. The molecule has 1 aliphatic rings. The highest BCUT2D eigenvalue weighted by molar-refractivity contribution is 6.30. The van der Waals surface area contributed by atoms with E-state index in [1.54, 1.807) is 12.1 Å². The van der Waals surface area contributed by atoms with Gasteiger partial charge in [-0.1, -0.05) is 11.6 Å². The molecule has 0 saturated carbocycles. The summed E-state index contributed by atoms with van der Waals surface area (Å²) < 4.78 is 13.6. The van der Waals surface area contributed by atoms with Crippen LogP contribution in [-0.4, -0.2) is 30.1 Å². The van der Waals surface area contributed by atoms with Gasteiger partial charge in [-0.05, 0) is 32.0 Å². The van der Waals surface area contributed by atoms with E-state index in [1.807, 2.05) is 0 Å². The summed E-state index contributed by atoms with van der Waals surface area (Å²) in [6.07, 6.45) is 0. The Kier molecular flexibility index (Phi) is 4.02. The zero-order valence-corrected chi connectivity index (χ0v) is 11.0. The number of nitrogens with zero attached hydrogens (tertiary/aromatic N) is 1. The van der Waals surface area contributed by atoms with Gasteiger partial charge in [-0.3, -0.25) is 4.90 Å². The largest absolute Gasteiger partial charge is 0.309 e. The Morgan fingerprint density at radius 3 is 2.65 bits per heavy atom. The molecular formula is C13H18ClFN2. The van der Waals surface area contributed by atoms with Gasteiger partial charge in [-0.15, -0.1) is 0 Å². The van der Waals surface area contributed by atoms with E-state index in [9.17, 15) is 4.39 Å². The van der Waals surface area contributed by atoms with Gasteiger partial charge in [0, 0.05) is 42.3 Å². The molecule has 1 aliphatic heterocycles. The molecule has 0 radical (unpaired) electrons. The Hall–Kier alpha value is -0.640. The van der Waals surface area contributed by atoms with Crippen LogP contribution in [0.25, 0.3) is 0 Å². The maximum Gasteiger partial charge on any atom is 0.127 e. The van der Waals surface area contributed by atoms with Gasteiger partial charge in [0.1, 0.15) is 5.82 Å². The molecule has 1 saturated heterocycles. The van der Waals surface area contributed by atoms with Crippen LogP contribution in [0, 0.1) is 5.82 Å². The first-order chi connectivity index (χ1) is 8.04. The third kappa shape index (κ3) is 3.41. The lowest BCUT2D eigenvalue weighted by atomic mass is 10.1. The molecule has 1 N–H and O–H groups in total. The standard InChI is InChI=1S/C13H18ClFN2/c1-9-6-17(7-10(2)16-9)8-11-5-12(14)3-4-13(11)15/h3-5,9-10,16H,6-8H2,1-2H3. The van der Waals surface area contributed by atoms with E-state index in [0.29, 0.717) is 29.2 Å². The van der Waals surface area contributed by atoms with Crippen molar-refractivity contribution in [2.45, 2.75) is 32.5 Å². The zero-order chi connectivity index (χ0) is 12.4. The number of rotatable bonds is 2. The summed E-state index contributed by atoms with van der Waals surface area (Å²) in [6, 6.07) is 5.63. The van der Waals surface area contributed by atoms with Crippen molar-refractivity contribution in [1.29, 1.82) is 0 Å². The topological polar surface area (TPSA) is 15.3 Å². The van der Waals surface area contributed by atoms with Crippen molar-refractivity contribution < 1.29 is 4.39 Å². The second-order valence-corrected chi connectivity index (χ2v) is 5.34. The van der Waals surface area contributed by atoms with Gasteiger partial charge in [0.2, 0.25) is 0 Å². The fourth-order valence-electron chi connectivity index (χ4n) is 2.47. The summed E-state index contributed by atoms with van der Waals surface area (Å²) in [5, 5.41) is 4.05. The Morgan fingerprint density at radius 2 is 2.00 bits per heavy atom. The van der Waals surface area contributed by atoms with Crippen LogP contribution in [0.15, 0.2) is 18.2 Å². The van der Waals surface area contributed by atoms with Gasteiger partial charge in [-0.2, -0.15) is 0 Å². The minimum absolute atomic E-state index is 0.173. The highest BCUT2D eigenvalue weighted by Gasteiger charge is 2.21. The van der Waals surface area contributed by atoms with E-state index in [4.69, 9.17) is 11.6 Å². The molecule has 1 fully saturated rings. The summed E-state index contributed by atoms with van der Waals surface area (Å²) in [5.74, 6) is -0.173. The molecule has 1 aromatic carbocycles. The van der Waals surface area contributed by atoms with Gasteiger partial charge in [0.15, 0.2) is 0 Å². The second kappa shape index (κ2) is 5.34. The lowest BCUT2D eigenvalue weighted by Gasteiger charge is -2.36. The first kappa shape index (κ1) is 12.8. The number of benzene rings is 1. The Labute approximate surface area is 107 Å². The molecule has 0 bridgehead atoms. The van der Waals surface area contributed by atoms with Crippen LogP contribution in [0.3, 0.4) is 0 Å². The average molecular weight is 257 g/mol. The van der Waals surface area contributed by atoms with Crippen molar-refractivity contribution in [3.05, 3.63) is 34.6 Å². The van der Waals surface area contributed by atoms with Crippen LogP contribution in [0.1, 0.15) is 19.4 Å². The Balaban J connectivity index is 2.07. The van der Waals surface area contributed by atoms with E-state index >= 15 is 0 Å². The molecule has 0 aliphatic carbocycles. The monoisotopic (exact) mass is 256 g/mol. The third-order valence-electron chi connectivity index (χ3n) is 3.03. The third-order valence-corrected chi connectivity index (χ3v) is 3.27. The molecular weight excluding hydrogens is 239 g/mol. The van der Waals surface area contributed by atoms with E-state index in [2.05, 4.69) is 24.1 Å². The van der Waals surface area contributed by atoms with E-state index in [1.165, 1.54) is 6.07 Å². The van der Waals surface area contributed by atoms with Crippen LogP contribution in [-0.2, 0) is 6.54 Å². The van der Waals surface area contributed by atoms with Crippen molar-refractivity contribution in [2.75, 3.05) is 13.1 Å². The lowest BCUT2D eigenvalue weighted by Crippen LogP contribution is -2.53. The summed E-state index contributed by atoms with van der Waals surface area (Å²) in [7, 11) is 0. The molecule has 1 heterocycles. The van der Waals surface area contributed by atoms with Crippen LogP contribution in [0.5, 0.6) is 0 Å². The molecule has 94 valence electrons. The molecule has 17 heavy (non-hydrogen) atoms. The van der Waals surface area contributed by atoms with Gasteiger partial charge in [0.25, 0.3) is 0 Å². The quantitative estimate of drug-likeness (QED) is 0.875. The van der Waals surface area contributed by atoms with Crippen LogP contribution >= 0.6 is 11.6 Å². The molecule has 0 amide bonds. The summed E-state index contributed by atoms with van der Waals surface area (Å²) in [5.41, 5.74) is 0.679. The highest BCUT2D eigenvalue weighted by Crippen LogP contribution is 2.18. The fourth-order valence-corrected chi connectivity index (χ4v) is 2.67. The molecule has 2 rings (SSSR count). The molecule has 2 atom stereocenters. The summed E-state index contributed by atoms with van der Waals surface area (Å²) >= 11 is 5.89. The summed E-state index contributed by atoms with van der Waals surface area (Å²) in [6.45, 7) is 6.81. The summed E-state index contributed by atoms with van der Waals surface area (Å²) in [4.78, 5) is 2.26. The van der Waals surface area contributed by atoms with E-state index in [0.717, 1.165) is 13.1 Å². The van der Waals surface area contributed by atoms with E-state index in [-0.39, 0.29) is 5.82 Å². The molecule has 4 heteroatoms. The van der Waals surface area contributed by atoms with Gasteiger partial charge >= 0.3 is 0 Å². The Morgan fingerprint density at radius 1 is 1.35 bits per heavy atom. The SMILES string of the molecule is CC1CN(Cc2cc(Cl)ccc2F)CC(C)N1. The van der Waals surface area contributed by atoms with Crippen molar-refractivity contribution >= 4 is 11.6 Å². The maximum absolute atomic E-state index is 13.6. The molecule has 2 nitrogen and oxygen atoms in total. The number of halogens is 2. The highest BCUT2D eigenvalue weighted by atomic mass is 35.5. The van der Waals surface area contributed by atoms with Gasteiger partial charge in [-0.25, -0.2) is 4.39 Å². The van der Waals surface area contributed by atoms with Crippen molar-refractivity contribution in [3.63, 3.8) is 0 Å². The van der Waals surface area contributed by atoms with Crippen LogP contribution < -0.4 is 5.32 Å². The second-order valence-electron chi connectivity index (χ2n) is 4.90. The minimum atomic E-state index is -0.173. The molecule has 0 aromatic heterocycles. The fraction of sp³-hybridized carbons (Fsp3) is 0.538. The van der Waals surface area contributed by atoms with Crippen LogP contribution in [0.2, 0.25) is 5.02 Å². The van der Waals surface area contributed by atoms with Crippen LogP contribution in [0.4, 0.5) is 4.39 Å². The number of nitrogens with one attached hydrogen (secondary N) is 1. The lowest BCUT2D eigenvalue weighted by molar-refractivity contribution is 0.165. The predicted octanol–water partition coefficient (Wildman–Crippen LogP) is 2.66. The van der Waals surface area contributed by atoms with Crippen molar-refractivity contribution in [2.24, 2.45) is 0 Å². The minimum Gasteiger partial charge on any atom is -0.309 e. The van der Waals surface area contributed by atoms with E-state index < -0.39 is 0 Å². The first-order valence-electron chi connectivity index (χ1n) is 5.97. The normalized spacial score (nSPS) is 26.1. The zero-order valence-electron chi connectivity index (χ0n) is 10.2. The van der Waals surface area contributed by atoms with Crippen molar-refractivity contribution in [3.8, 4) is 0 Å². The molecule has 0 spiro atoms. The van der Waals surface area contributed by atoms with Crippen molar-refractivity contribution in [1.82, 2.24) is 10.2 Å². The Bertz CT molecular complexity index is 387. The molecule has 1 aromatic rings. The number of hydrogen-bond acceptors (Lipinski definition) is 2. The number of hydrogen-bond donors (Lipinski definition) is 1.